The maximum atomic E-state index is 12.2. The van der Waals surface area contributed by atoms with Gasteiger partial charge in [0, 0.05) is 14.1 Å². The molecule has 2 amide bonds. The third-order valence-corrected chi connectivity index (χ3v) is 4.75. The lowest BCUT2D eigenvalue weighted by Crippen LogP contribution is -2.31. The average Bonchev–Trinajstić information content (AvgIpc) is 2.64. The zero-order valence-electron chi connectivity index (χ0n) is 17.1. The molecule has 0 heterocycles. The molecule has 0 aliphatic heterocycles. The zero-order valence-corrected chi connectivity index (χ0v) is 17.9. The van der Waals surface area contributed by atoms with Crippen LogP contribution in [0.25, 0.3) is 0 Å². The van der Waals surface area contributed by atoms with Crippen LogP contribution in [-0.4, -0.2) is 41.5 Å². The molecule has 1 rings (SSSR count). The van der Waals surface area contributed by atoms with Gasteiger partial charge in [0.1, 0.15) is 5.75 Å². The lowest BCUT2D eigenvalue weighted by molar-refractivity contribution is 0.129. The molecule has 0 atom stereocenters. The number of hydrogen-bond donors (Lipinski definition) is 0. The minimum Gasteiger partial charge on any atom is -0.449 e. The highest BCUT2D eigenvalue weighted by Crippen LogP contribution is 2.22. The summed E-state index contributed by atoms with van der Waals surface area (Å²) in [7, 11) is 3.11. The molecule has 0 fully saturated rings. The minimum atomic E-state index is -0.555. The largest absolute Gasteiger partial charge is 0.449 e. The van der Waals surface area contributed by atoms with Gasteiger partial charge < -0.3 is 9.47 Å². The maximum absolute atomic E-state index is 12.2. The van der Waals surface area contributed by atoms with E-state index in [1.165, 1.54) is 21.5 Å². The van der Waals surface area contributed by atoms with Crippen LogP contribution < -0.4 is 4.74 Å². The van der Waals surface area contributed by atoms with Crippen LogP contribution in [0.15, 0.2) is 24.3 Å². The number of rotatable bonds is 10. The van der Waals surface area contributed by atoms with E-state index in [1.807, 2.05) is 18.2 Å². The van der Waals surface area contributed by atoms with E-state index in [2.05, 4.69) is 20.8 Å². The summed E-state index contributed by atoms with van der Waals surface area (Å²) in [6.45, 7) is 6.71. The van der Waals surface area contributed by atoms with Gasteiger partial charge in [-0.1, -0.05) is 58.6 Å². The molecule has 7 heteroatoms. The quantitative estimate of drug-likeness (QED) is 0.367. The van der Waals surface area contributed by atoms with E-state index in [-0.39, 0.29) is 0 Å². The Morgan fingerprint density at radius 3 is 2.37 bits per heavy atom. The van der Waals surface area contributed by atoms with E-state index in [4.69, 9.17) is 9.47 Å². The summed E-state index contributed by atoms with van der Waals surface area (Å²) >= 11 is 0.935. The van der Waals surface area contributed by atoms with Crippen molar-refractivity contribution < 1.29 is 19.1 Å². The topological polar surface area (TPSA) is 59.1 Å². The van der Waals surface area contributed by atoms with Gasteiger partial charge in [-0.2, -0.15) is 0 Å². The van der Waals surface area contributed by atoms with E-state index in [0.29, 0.717) is 18.3 Å². The van der Waals surface area contributed by atoms with Crippen molar-refractivity contribution >= 4 is 24.3 Å². The Balaban J connectivity index is 2.38. The Labute approximate surface area is 167 Å². The summed E-state index contributed by atoms with van der Waals surface area (Å²) in [4.78, 5) is 24.2. The Kier molecular flexibility index (Phi) is 10.7. The summed E-state index contributed by atoms with van der Waals surface area (Å²) in [6, 6.07) is 7.43. The summed E-state index contributed by atoms with van der Waals surface area (Å²) in [5.74, 6) is 0.828. The van der Waals surface area contributed by atoms with Crippen molar-refractivity contribution in [3.8, 4) is 5.75 Å². The second-order valence-corrected chi connectivity index (χ2v) is 7.96. The number of nitrogens with zero attached hydrogens (tertiary/aromatic N) is 2. The summed E-state index contributed by atoms with van der Waals surface area (Å²) in [6.07, 6.45) is 4.43. The SMILES string of the molecule is CCCCCCCOC(=O)N(C)SN(C)C(=O)Oc1cccc(C(C)C)c1. The first-order chi connectivity index (χ1) is 12.8. The number of unbranched alkanes of at least 4 members (excludes halogenated alkanes) is 4. The van der Waals surface area contributed by atoms with Gasteiger partial charge in [0.15, 0.2) is 0 Å². The first-order valence-electron chi connectivity index (χ1n) is 9.49. The van der Waals surface area contributed by atoms with E-state index in [0.717, 1.165) is 37.0 Å². The van der Waals surface area contributed by atoms with Crippen LogP contribution in [0.2, 0.25) is 0 Å². The number of benzene rings is 1. The number of carbonyl (C=O) groups excluding carboxylic acids is 2. The molecular weight excluding hydrogens is 364 g/mol. The standard InChI is InChI=1S/C20H32N2O4S/c1-6-7-8-9-10-14-25-19(23)21(4)27-22(5)20(24)26-18-13-11-12-17(15-18)16(2)3/h11-13,15-16H,6-10,14H2,1-5H3. The van der Waals surface area contributed by atoms with Gasteiger partial charge >= 0.3 is 12.2 Å². The van der Waals surface area contributed by atoms with Gasteiger partial charge in [0.05, 0.1) is 18.7 Å². The lowest BCUT2D eigenvalue weighted by Gasteiger charge is -2.21. The molecular formula is C20H32N2O4S. The van der Waals surface area contributed by atoms with Gasteiger partial charge in [-0.15, -0.1) is 0 Å². The van der Waals surface area contributed by atoms with Crippen LogP contribution in [0.1, 0.15) is 64.4 Å². The second-order valence-electron chi connectivity index (χ2n) is 6.70. The molecule has 0 N–H and O–H groups in total. The monoisotopic (exact) mass is 396 g/mol. The molecule has 0 saturated heterocycles. The Morgan fingerprint density at radius 1 is 1.04 bits per heavy atom. The van der Waals surface area contributed by atoms with Gasteiger partial charge in [-0.25, -0.2) is 18.2 Å². The highest BCUT2D eigenvalue weighted by molar-refractivity contribution is 7.95. The van der Waals surface area contributed by atoms with Gasteiger partial charge in [0.2, 0.25) is 0 Å². The van der Waals surface area contributed by atoms with Crippen molar-refractivity contribution in [3.05, 3.63) is 29.8 Å². The summed E-state index contributed by atoms with van der Waals surface area (Å²) in [5, 5.41) is 0. The van der Waals surface area contributed by atoms with Crippen molar-refractivity contribution in [2.75, 3.05) is 20.7 Å². The third kappa shape index (κ3) is 9.04. The number of amides is 2. The van der Waals surface area contributed by atoms with Gasteiger partial charge in [0.25, 0.3) is 0 Å². The molecule has 0 spiro atoms. The van der Waals surface area contributed by atoms with Crippen LogP contribution >= 0.6 is 12.1 Å². The number of carbonyl (C=O) groups is 2. The van der Waals surface area contributed by atoms with Crippen molar-refractivity contribution in [3.63, 3.8) is 0 Å². The summed E-state index contributed by atoms with van der Waals surface area (Å²) < 4.78 is 13.1. The molecule has 6 nitrogen and oxygen atoms in total. The fourth-order valence-electron chi connectivity index (χ4n) is 2.31. The molecule has 0 unspecified atom stereocenters. The normalized spacial score (nSPS) is 10.6. The third-order valence-electron chi connectivity index (χ3n) is 3.96. The molecule has 1 aromatic rings. The van der Waals surface area contributed by atoms with E-state index in [1.54, 1.807) is 20.2 Å². The molecule has 0 bridgehead atoms. The molecule has 152 valence electrons. The molecule has 1 aromatic carbocycles. The van der Waals surface area contributed by atoms with Gasteiger partial charge in [-0.3, -0.25) is 0 Å². The molecule has 0 aromatic heterocycles. The van der Waals surface area contributed by atoms with E-state index >= 15 is 0 Å². The molecule has 0 aliphatic rings. The van der Waals surface area contributed by atoms with Crippen molar-refractivity contribution in [1.29, 1.82) is 0 Å². The fraction of sp³-hybridized carbons (Fsp3) is 0.600. The second kappa shape index (κ2) is 12.5. The van der Waals surface area contributed by atoms with Crippen LogP contribution in [0.4, 0.5) is 9.59 Å². The summed E-state index contributed by atoms with van der Waals surface area (Å²) in [5.41, 5.74) is 1.09. The Hall–Kier alpha value is -1.89. The molecule has 0 saturated carbocycles. The first-order valence-corrected chi connectivity index (χ1v) is 10.2. The average molecular weight is 397 g/mol. The van der Waals surface area contributed by atoms with Crippen molar-refractivity contribution in [2.45, 2.75) is 58.8 Å². The van der Waals surface area contributed by atoms with E-state index in [9.17, 15) is 9.59 Å². The molecule has 27 heavy (non-hydrogen) atoms. The smallest absolute Gasteiger partial charge is 0.426 e. The zero-order chi connectivity index (χ0) is 20.2. The number of hydrogen-bond acceptors (Lipinski definition) is 5. The predicted octanol–water partition coefficient (Wildman–Crippen LogP) is 5.84. The van der Waals surface area contributed by atoms with Crippen LogP contribution in [0.3, 0.4) is 0 Å². The molecule has 0 aliphatic carbocycles. The molecule has 0 radical (unpaired) electrons. The van der Waals surface area contributed by atoms with Crippen LogP contribution in [0, 0.1) is 0 Å². The van der Waals surface area contributed by atoms with Crippen molar-refractivity contribution in [2.24, 2.45) is 0 Å². The van der Waals surface area contributed by atoms with E-state index < -0.39 is 12.2 Å². The highest BCUT2D eigenvalue weighted by atomic mass is 32.2. The maximum Gasteiger partial charge on any atom is 0.426 e. The lowest BCUT2D eigenvalue weighted by atomic mass is 10.0. The highest BCUT2D eigenvalue weighted by Gasteiger charge is 2.19. The van der Waals surface area contributed by atoms with Crippen LogP contribution in [0.5, 0.6) is 5.75 Å². The van der Waals surface area contributed by atoms with Crippen molar-refractivity contribution in [1.82, 2.24) is 8.61 Å². The fourth-order valence-corrected chi connectivity index (χ4v) is 2.90. The Bertz CT molecular complexity index is 595. The van der Waals surface area contributed by atoms with Crippen LogP contribution in [-0.2, 0) is 4.74 Å². The number of ether oxygens (including phenoxy) is 2. The van der Waals surface area contributed by atoms with Gasteiger partial charge in [-0.05, 0) is 30.0 Å². The predicted molar refractivity (Wildman–Crippen MR) is 110 cm³/mol. The minimum absolute atomic E-state index is 0.346. The Morgan fingerprint density at radius 2 is 1.70 bits per heavy atom. The first kappa shape index (κ1) is 23.1.